The van der Waals surface area contributed by atoms with Crippen molar-refractivity contribution in [3.05, 3.63) is 76.8 Å². The van der Waals surface area contributed by atoms with Crippen LogP contribution in [0.3, 0.4) is 0 Å². The summed E-state index contributed by atoms with van der Waals surface area (Å²) in [6.45, 7) is 0. The molecule has 0 unspecified atom stereocenters. The average Bonchev–Trinajstić information content (AvgIpc) is 2.64. The Kier molecular flexibility index (Phi) is 5.15. The first-order valence-electron chi connectivity index (χ1n) is 7.22. The molecule has 6 nitrogen and oxygen atoms in total. The van der Waals surface area contributed by atoms with Gasteiger partial charge in [-0.25, -0.2) is 4.79 Å². The fourth-order valence-electron chi connectivity index (χ4n) is 1.99. The molecule has 0 aliphatic heterocycles. The van der Waals surface area contributed by atoms with E-state index in [9.17, 15) is 9.90 Å². The van der Waals surface area contributed by atoms with Gasteiger partial charge in [-0.2, -0.15) is 0 Å². The Morgan fingerprint density at radius 2 is 1.92 bits per heavy atom. The van der Waals surface area contributed by atoms with Crippen LogP contribution in [0.15, 0.2) is 70.7 Å². The predicted octanol–water partition coefficient (Wildman–Crippen LogP) is 3.91. The van der Waals surface area contributed by atoms with Crippen LogP contribution in [0.25, 0.3) is 0 Å². The first kappa shape index (κ1) is 16.8. The zero-order valence-electron chi connectivity index (χ0n) is 12.8. The number of benzene rings is 1. The molecule has 2 aromatic heterocycles. The van der Waals surface area contributed by atoms with Gasteiger partial charge >= 0.3 is 5.97 Å². The lowest BCUT2D eigenvalue weighted by Gasteiger charge is -2.09. The molecule has 25 heavy (non-hydrogen) atoms. The summed E-state index contributed by atoms with van der Waals surface area (Å²) in [6, 6.07) is 9.91. The highest BCUT2D eigenvalue weighted by molar-refractivity contribution is 9.10. The van der Waals surface area contributed by atoms with E-state index in [1.807, 2.05) is 0 Å². The third kappa shape index (κ3) is 4.27. The van der Waals surface area contributed by atoms with Crippen molar-refractivity contribution < 1.29 is 14.6 Å². The summed E-state index contributed by atoms with van der Waals surface area (Å²) in [5.41, 5.74) is 1.32. The molecule has 0 atom stereocenters. The van der Waals surface area contributed by atoms with Gasteiger partial charge in [-0.05, 0) is 36.4 Å². The summed E-state index contributed by atoms with van der Waals surface area (Å²) >= 11 is 3.33. The van der Waals surface area contributed by atoms with E-state index in [0.29, 0.717) is 15.7 Å². The zero-order chi connectivity index (χ0) is 17.6. The molecule has 3 rings (SSSR count). The van der Waals surface area contributed by atoms with Crippen LogP contribution < -0.4 is 4.74 Å². The number of aromatic hydroxyl groups is 1. The lowest BCUT2D eigenvalue weighted by atomic mass is 10.2. The number of rotatable bonds is 4. The molecular formula is C18H12BrN3O3. The number of aromatic nitrogens is 2. The lowest BCUT2D eigenvalue weighted by molar-refractivity contribution is 0.0729. The summed E-state index contributed by atoms with van der Waals surface area (Å²) in [6.07, 6.45) is 7.65. The normalized spacial score (nSPS) is 10.8. The van der Waals surface area contributed by atoms with Gasteiger partial charge in [0.1, 0.15) is 0 Å². The summed E-state index contributed by atoms with van der Waals surface area (Å²) < 4.78 is 5.90. The van der Waals surface area contributed by atoms with Crippen LogP contribution in [0, 0.1) is 0 Å². The number of phenols is 1. The van der Waals surface area contributed by atoms with Gasteiger partial charge in [-0.1, -0.05) is 15.9 Å². The smallest absolute Gasteiger partial charge is 0.345 e. The highest BCUT2D eigenvalue weighted by Crippen LogP contribution is 2.33. The minimum atomic E-state index is -0.614. The molecule has 1 aromatic carbocycles. The molecule has 0 amide bonds. The Labute approximate surface area is 152 Å². The second-order valence-corrected chi connectivity index (χ2v) is 5.86. The standard InChI is InChI=1S/C18H12BrN3O3/c19-14-7-13(10-22-15-4-2-6-21-11-15)17(23)16(8-14)25-18(24)12-3-1-5-20-9-12/h1-11,23H. The van der Waals surface area contributed by atoms with Crippen LogP contribution in [0.4, 0.5) is 5.69 Å². The number of carbonyl (C=O) groups excluding carboxylic acids is 1. The summed E-state index contributed by atoms with van der Waals surface area (Å²) in [4.78, 5) is 24.2. The molecule has 0 saturated heterocycles. The van der Waals surface area contributed by atoms with E-state index >= 15 is 0 Å². The van der Waals surface area contributed by atoms with Crippen molar-refractivity contribution in [2.75, 3.05) is 0 Å². The van der Waals surface area contributed by atoms with Gasteiger partial charge in [-0.15, -0.1) is 0 Å². The summed E-state index contributed by atoms with van der Waals surface area (Å²) in [5.74, 6) is -0.777. The number of hydrogen-bond acceptors (Lipinski definition) is 6. The minimum absolute atomic E-state index is 0.0239. The second-order valence-electron chi connectivity index (χ2n) is 4.94. The van der Waals surface area contributed by atoms with Crippen molar-refractivity contribution in [1.82, 2.24) is 9.97 Å². The summed E-state index contributed by atoms with van der Waals surface area (Å²) in [5, 5.41) is 10.4. The topological polar surface area (TPSA) is 84.7 Å². The van der Waals surface area contributed by atoms with E-state index in [0.717, 1.165) is 0 Å². The van der Waals surface area contributed by atoms with Crippen molar-refractivity contribution in [2.45, 2.75) is 0 Å². The fourth-order valence-corrected chi connectivity index (χ4v) is 2.44. The second kappa shape index (κ2) is 7.67. The first-order chi connectivity index (χ1) is 12.1. The van der Waals surface area contributed by atoms with Crippen LogP contribution >= 0.6 is 15.9 Å². The van der Waals surface area contributed by atoms with Gasteiger partial charge < -0.3 is 9.84 Å². The molecule has 0 aliphatic carbocycles. The number of esters is 1. The monoisotopic (exact) mass is 397 g/mol. The molecule has 2 heterocycles. The van der Waals surface area contributed by atoms with Crippen molar-refractivity contribution in [3.63, 3.8) is 0 Å². The van der Waals surface area contributed by atoms with Crippen molar-refractivity contribution >= 4 is 33.8 Å². The molecule has 0 radical (unpaired) electrons. The zero-order valence-corrected chi connectivity index (χ0v) is 14.4. The highest BCUT2D eigenvalue weighted by atomic mass is 79.9. The molecule has 1 N–H and O–H groups in total. The number of phenolic OH excluding ortho intramolecular Hbond substituents is 1. The molecule has 0 saturated carbocycles. The highest BCUT2D eigenvalue weighted by Gasteiger charge is 2.15. The van der Waals surface area contributed by atoms with Crippen LogP contribution in [0.1, 0.15) is 15.9 Å². The van der Waals surface area contributed by atoms with Crippen LogP contribution in [-0.4, -0.2) is 27.3 Å². The largest absolute Gasteiger partial charge is 0.504 e. The maximum atomic E-state index is 12.1. The Morgan fingerprint density at radius 1 is 1.16 bits per heavy atom. The number of carbonyl (C=O) groups is 1. The van der Waals surface area contributed by atoms with Gasteiger partial charge in [0.05, 0.1) is 17.4 Å². The molecule has 3 aromatic rings. The van der Waals surface area contributed by atoms with Gasteiger partial charge in [0.25, 0.3) is 0 Å². The predicted molar refractivity (Wildman–Crippen MR) is 96.5 cm³/mol. The molecular weight excluding hydrogens is 386 g/mol. The SMILES string of the molecule is O=C(Oc1cc(Br)cc(C=Nc2cccnc2)c1O)c1cccnc1. The van der Waals surface area contributed by atoms with E-state index in [1.165, 1.54) is 18.5 Å². The van der Waals surface area contributed by atoms with Gasteiger partial charge in [0, 0.05) is 34.8 Å². The van der Waals surface area contributed by atoms with Gasteiger partial charge in [-0.3, -0.25) is 15.0 Å². The van der Waals surface area contributed by atoms with Crippen LogP contribution in [0.5, 0.6) is 11.5 Å². The van der Waals surface area contributed by atoms with Crippen LogP contribution in [0.2, 0.25) is 0 Å². The van der Waals surface area contributed by atoms with Crippen molar-refractivity contribution in [1.29, 1.82) is 0 Å². The molecule has 0 bridgehead atoms. The minimum Gasteiger partial charge on any atom is -0.504 e. The van der Waals surface area contributed by atoms with Gasteiger partial charge in [0.15, 0.2) is 11.5 Å². The third-order valence-electron chi connectivity index (χ3n) is 3.17. The number of pyridine rings is 2. The average molecular weight is 398 g/mol. The van der Waals surface area contributed by atoms with Crippen molar-refractivity contribution in [3.8, 4) is 11.5 Å². The molecule has 7 heteroatoms. The molecule has 0 aliphatic rings. The third-order valence-corrected chi connectivity index (χ3v) is 3.63. The number of ether oxygens (including phenoxy) is 1. The maximum Gasteiger partial charge on any atom is 0.345 e. The van der Waals surface area contributed by atoms with E-state index in [4.69, 9.17) is 4.74 Å². The Bertz CT molecular complexity index is 916. The number of hydrogen-bond donors (Lipinski definition) is 1. The molecule has 0 spiro atoms. The number of nitrogens with zero attached hydrogens (tertiary/aromatic N) is 3. The van der Waals surface area contributed by atoms with E-state index in [1.54, 1.807) is 48.9 Å². The lowest BCUT2D eigenvalue weighted by Crippen LogP contribution is -2.09. The first-order valence-corrected chi connectivity index (χ1v) is 8.01. The van der Waals surface area contributed by atoms with E-state index in [2.05, 4.69) is 30.9 Å². The number of aliphatic imine (C=N–C) groups is 1. The van der Waals surface area contributed by atoms with Crippen LogP contribution in [-0.2, 0) is 0 Å². The molecule has 124 valence electrons. The van der Waals surface area contributed by atoms with E-state index in [-0.39, 0.29) is 17.1 Å². The Morgan fingerprint density at radius 3 is 2.60 bits per heavy atom. The fraction of sp³-hybridized carbons (Fsp3) is 0. The maximum absolute atomic E-state index is 12.1. The van der Waals surface area contributed by atoms with E-state index < -0.39 is 5.97 Å². The van der Waals surface area contributed by atoms with Crippen molar-refractivity contribution in [2.24, 2.45) is 4.99 Å². The number of halogens is 1. The quantitative estimate of drug-likeness (QED) is 0.409. The Balaban J connectivity index is 1.87. The Hall–Kier alpha value is -3.06. The molecule has 0 fully saturated rings. The summed E-state index contributed by atoms with van der Waals surface area (Å²) in [7, 11) is 0. The van der Waals surface area contributed by atoms with Gasteiger partial charge in [0.2, 0.25) is 0 Å².